The van der Waals surface area contributed by atoms with E-state index in [0.717, 1.165) is 6.54 Å². The number of aromatic nitrogens is 2. The molecule has 7 nitrogen and oxygen atoms in total. The molecule has 0 spiro atoms. The van der Waals surface area contributed by atoms with E-state index in [9.17, 15) is 14.4 Å². The van der Waals surface area contributed by atoms with Gasteiger partial charge in [0.05, 0.1) is 27.9 Å². The third-order valence-electron chi connectivity index (χ3n) is 4.18. The van der Waals surface area contributed by atoms with Gasteiger partial charge in [-0.1, -0.05) is 18.5 Å². The monoisotopic (exact) mass is 433 g/mol. The first kappa shape index (κ1) is 20.9. The molecule has 29 heavy (non-hydrogen) atoms. The van der Waals surface area contributed by atoms with Crippen molar-refractivity contribution in [3.8, 4) is 17.6 Å². The van der Waals surface area contributed by atoms with Gasteiger partial charge in [-0.25, -0.2) is 13.7 Å². The largest absolute Gasteiger partial charge is 0.451 e. The van der Waals surface area contributed by atoms with Crippen LogP contribution in [0.25, 0.3) is 10.9 Å². The molecule has 0 bridgehead atoms. The molecule has 1 heterocycles. The number of benzene rings is 2. The summed E-state index contributed by atoms with van der Waals surface area (Å²) in [5.74, 6) is -0.953. The molecule has 0 atom stereocenters. The van der Waals surface area contributed by atoms with Gasteiger partial charge < -0.3 is 14.0 Å². The maximum atomic E-state index is 14.5. The van der Waals surface area contributed by atoms with E-state index in [1.165, 1.54) is 41.2 Å². The molecule has 0 unspecified atom stereocenters. The number of hydrogen-bond acceptors (Lipinski definition) is 7. The van der Waals surface area contributed by atoms with Crippen LogP contribution in [0.2, 0.25) is 5.02 Å². The van der Waals surface area contributed by atoms with Gasteiger partial charge in [0, 0.05) is 25.7 Å². The molecule has 2 aromatic carbocycles. The summed E-state index contributed by atoms with van der Waals surface area (Å²) in [7, 11) is 3.42. The van der Waals surface area contributed by atoms with Crippen LogP contribution in [-0.2, 0) is 7.05 Å². The third-order valence-corrected chi connectivity index (χ3v) is 5.44. The van der Waals surface area contributed by atoms with E-state index < -0.39 is 5.82 Å². The van der Waals surface area contributed by atoms with Crippen molar-refractivity contribution in [2.75, 3.05) is 18.3 Å². The highest BCUT2D eigenvalue weighted by molar-refractivity contribution is 7.98. The van der Waals surface area contributed by atoms with Crippen molar-refractivity contribution in [2.24, 2.45) is 7.05 Å². The second kappa shape index (κ2) is 8.69. The van der Waals surface area contributed by atoms with Crippen molar-refractivity contribution in [1.82, 2.24) is 13.9 Å². The Morgan fingerprint density at radius 1 is 1.41 bits per heavy atom. The maximum absolute atomic E-state index is 14.5. The minimum atomic E-state index is -0.726. The fourth-order valence-electron chi connectivity index (χ4n) is 2.47. The average Bonchev–Trinajstić information content (AvgIpc) is 2.72. The van der Waals surface area contributed by atoms with Gasteiger partial charge in [0.1, 0.15) is 17.4 Å². The summed E-state index contributed by atoms with van der Waals surface area (Å²) < 4.78 is 26.4. The normalized spacial score (nSPS) is 10.9. The quantitative estimate of drug-likeness (QED) is 0.579. The molecule has 0 aliphatic heterocycles. The Labute approximate surface area is 175 Å². The lowest BCUT2D eigenvalue weighted by molar-refractivity contribution is 0.442. The standard InChI is InChI=1S/C19H17ClFN5O2S/c1-4-26(3)29-24-13-6-5-12(21)18(11(13)9-22)28-15-8-7-14-16(17(15)20)19(27)25(2)10-23-14/h5-8,10,24H,4H2,1-3H3. The molecule has 0 saturated carbocycles. The Bertz CT molecular complexity index is 1180. The molecule has 3 aromatic rings. The van der Waals surface area contributed by atoms with Crippen molar-refractivity contribution in [2.45, 2.75) is 6.92 Å². The highest BCUT2D eigenvalue weighted by Crippen LogP contribution is 2.38. The molecule has 0 saturated heterocycles. The predicted octanol–water partition coefficient (Wildman–Crippen LogP) is 4.32. The zero-order valence-corrected chi connectivity index (χ0v) is 17.4. The molecule has 1 N–H and O–H groups in total. The Hall–Kier alpha value is -2.80. The predicted molar refractivity (Wildman–Crippen MR) is 113 cm³/mol. The number of hydrogen-bond donors (Lipinski definition) is 1. The summed E-state index contributed by atoms with van der Waals surface area (Å²) in [5, 5.41) is 9.74. The second-order valence-corrected chi connectivity index (χ2v) is 7.47. The Kier molecular flexibility index (Phi) is 6.27. The molecule has 1 aromatic heterocycles. The second-order valence-electron chi connectivity index (χ2n) is 6.08. The van der Waals surface area contributed by atoms with E-state index in [2.05, 4.69) is 9.71 Å². The fraction of sp³-hybridized carbons (Fsp3) is 0.211. The van der Waals surface area contributed by atoms with Crippen LogP contribution in [0.3, 0.4) is 0 Å². The lowest BCUT2D eigenvalue weighted by Gasteiger charge is -2.17. The number of ether oxygens (including phenoxy) is 1. The van der Waals surface area contributed by atoms with Crippen molar-refractivity contribution in [1.29, 1.82) is 5.26 Å². The number of aryl methyl sites for hydroxylation is 1. The number of rotatable bonds is 6. The van der Waals surface area contributed by atoms with E-state index in [4.69, 9.17) is 16.3 Å². The van der Waals surface area contributed by atoms with Crippen LogP contribution < -0.4 is 15.0 Å². The molecule has 0 aliphatic carbocycles. The summed E-state index contributed by atoms with van der Waals surface area (Å²) in [6, 6.07) is 7.65. The lowest BCUT2D eigenvalue weighted by atomic mass is 10.1. The number of nitriles is 1. The van der Waals surface area contributed by atoms with Crippen LogP contribution in [0.5, 0.6) is 11.5 Å². The van der Waals surface area contributed by atoms with Crippen LogP contribution >= 0.6 is 23.7 Å². The number of nitrogens with zero attached hydrogens (tertiary/aromatic N) is 4. The zero-order valence-electron chi connectivity index (χ0n) is 15.9. The third kappa shape index (κ3) is 4.15. The smallest absolute Gasteiger partial charge is 0.262 e. The summed E-state index contributed by atoms with van der Waals surface area (Å²) >= 11 is 7.63. The number of fused-ring (bicyclic) bond motifs is 1. The highest BCUT2D eigenvalue weighted by Gasteiger charge is 2.19. The van der Waals surface area contributed by atoms with E-state index in [0.29, 0.717) is 11.2 Å². The van der Waals surface area contributed by atoms with E-state index in [-0.39, 0.29) is 33.0 Å². The summed E-state index contributed by atoms with van der Waals surface area (Å²) in [6.07, 6.45) is 1.38. The SMILES string of the molecule is CCN(C)SNc1ccc(F)c(Oc2ccc3ncn(C)c(=O)c3c2Cl)c1C#N. The van der Waals surface area contributed by atoms with Gasteiger partial charge in [-0.3, -0.25) is 4.79 Å². The minimum Gasteiger partial charge on any atom is -0.451 e. The number of halogens is 2. The zero-order chi connectivity index (χ0) is 21.1. The molecule has 0 amide bonds. The summed E-state index contributed by atoms with van der Waals surface area (Å²) in [5.41, 5.74) is 0.405. The minimum absolute atomic E-state index is 0.00190. The van der Waals surface area contributed by atoms with Gasteiger partial charge in [-0.05, 0) is 31.3 Å². The van der Waals surface area contributed by atoms with Crippen molar-refractivity contribution in [3.63, 3.8) is 0 Å². The van der Waals surface area contributed by atoms with Gasteiger partial charge in [-0.2, -0.15) is 5.26 Å². The number of anilines is 1. The van der Waals surface area contributed by atoms with E-state index in [1.54, 1.807) is 13.1 Å². The fourth-order valence-corrected chi connectivity index (χ4v) is 3.30. The number of nitrogens with one attached hydrogen (secondary N) is 1. The first-order chi connectivity index (χ1) is 13.9. The van der Waals surface area contributed by atoms with Crippen LogP contribution in [0, 0.1) is 17.1 Å². The van der Waals surface area contributed by atoms with Gasteiger partial charge in [0.2, 0.25) is 0 Å². The van der Waals surface area contributed by atoms with Crippen LogP contribution in [-0.4, -0.2) is 27.4 Å². The topological polar surface area (TPSA) is 83.2 Å². The van der Waals surface area contributed by atoms with Gasteiger partial charge in [0.25, 0.3) is 5.56 Å². The molecule has 0 aliphatic rings. The maximum Gasteiger partial charge on any atom is 0.262 e. The lowest BCUT2D eigenvalue weighted by Crippen LogP contribution is -2.17. The molecule has 10 heteroatoms. The Morgan fingerprint density at radius 3 is 2.86 bits per heavy atom. The molecule has 3 rings (SSSR count). The first-order valence-electron chi connectivity index (χ1n) is 8.55. The van der Waals surface area contributed by atoms with Crippen LogP contribution in [0.1, 0.15) is 12.5 Å². The summed E-state index contributed by atoms with van der Waals surface area (Å²) in [4.78, 5) is 16.6. The molecular formula is C19H17ClFN5O2S. The Morgan fingerprint density at radius 2 is 2.17 bits per heavy atom. The van der Waals surface area contributed by atoms with Crippen molar-refractivity contribution >= 4 is 40.3 Å². The van der Waals surface area contributed by atoms with Gasteiger partial charge in [-0.15, -0.1) is 0 Å². The van der Waals surface area contributed by atoms with Crippen molar-refractivity contribution < 1.29 is 9.13 Å². The molecule has 150 valence electrons. The first-order valence-corrected chi connectivity index (χ1v) is 9.70. The highest BCUT2D eigenvalue weighted by atomic mass is 35.5. The van der Waals surface area contributed by atoms with Crippen molar-refractivity contribution in [3.05, 3.63) is 57.3 Å². The van der Waals surface area contributed by atoms with E-state index in [1.807, 2.05) is 24.3 Å². The molecule has 0 radical (unpaired) electrons. The van der Waals surface area contributed by atoms with Gasteiger partial charge in [0.15, 0.2) is 11.6 Å². The molecule has 0 fully saturated rings. The Balaban J connectivity index is 2.06. The van der Waals surface area contributed by atoms with Crippen LogP contribution in [0.4, 0.5) is 10.1 Å². The summed E-state index contributed by atoms with van der Waals surface area (Å²) in [6.45, 7) is 2.74. The average molecular weight is 434 g/mol. The van der Waals surface area contributed by atoms with Crippen LogP contribution in [0.15, 0.2) is 35.4 Å². The van der Waals surface area contributed by atoms with E-state index >= 15 is 0 Å². The molecular weight excluding hydrogens is 417 g/mol. The van der Waals surface area contributed by atoms with Gasteiger partial charge >= 0.3 is 0 Å².